The molecule has 11 nitrogen and oxygen atoms in total. The number of nitrogens with zero attached hydrogens (tertiary/aromatic N) is 1. The van der Waals surface area contributed by atoms with Gasteiger partial charge in [0, 0.05) is 18.0 Å². The largest absolute Gasteiger partial charge is 0.494 e. The first-order valence-electron chi connectivity index (χ1n) is 12.2. The van der Waals surface area contributed by atoms with Crippen molar-refractivity contribution in [2.45, 2.75) is 24.7 Å². The number of Topliss-reactive ketones (excluding diaryl/α,β-unsaturated/α-hetero) is 1. The van der Waals surface area contributed by atoms with Crippen LogP contribution < -0.4 is 29.2 Å². The second-order valence-electron chi connectivity index (χ2n) is 9.57. The summed E-state index contributed by atoms with van der Waals surface area (Å²) in [4.78, 5) is 44.8. The molecule has 0 spiro atoms. The molecule has 12 heteroatoms. The predicted molar refractivity (Wildman–Crippen MR) is 144 cm³/mol. The van der Waals surface area contributed by atoms with Crippen LogP contribution in [0.3, 0.4) is 0 Å². The highest BCUT2D eigenvalue weighted by Gasteiger charge is 2.52. The van der Waals surface area contributed by atoms with Gasteiger partial charge in [-0.15, -0.1) is 0 Å². The number of ether oxygens (including phenoxy) is 5. The first-order chi connectivity index (χ1) is 18.6. The van der Waals surface area contributed by atoms with Crippen LogP contribution in [0.15, 0.2) is 18.2 Å². The molecule has 39 heavy (non-hydrogen) atoms. The maximum atomic E-state index is 14.0. The predicted octanol–water partition coefficient (Wildman–Crippen LogP) is 2.90. The summed E-state index contributed by atoms with van der Waals surface area (Å²) < 4.78 is 26.9. The molecule has 0 bridgehead atoms. The van der Waals surface area contributed by atoms with E-state index in [9.17, 15) is 14.4 Å². The molecule has 2 aliphatic rings. The molecule has 2 aromatic carbocycles. The van der Waals surface area contributed by atoms with Crippen molar-refractivity contribution < 1.29 is 38.1 Å². The van der Waals surface area contributed by atoms with E-state index in [0.29, 0.717) is 57.3 Å². The van der Waals surface area contributed by atoms with Gasteiger partial charge in [0.25, 0.3) is 5.91 Å². The summed E-state index contributed by atoms with van der Waals surface area (Å²) in [5, 5.41) is 3.66. The molecule has 202 valence electrons. The second kappa shape index (κ2) is 9.44. The Balaban J connectivity index is 1.65. The fourth-order valence-corrected chi connectivity index (χ4v) is 5.43. The summed E-state index contributed by atoms with van der Waals surface area (Å²) in [6.07, 6.45) is 0.324. The van der Waals surface area contributed by atoms with Gasteiger partial charge in [0.1, 0.15) is 11.4 Å². The minimum absolute atomic E-state index is 0.197. The summed E-state index contributed by atoms with van der Waals surface area (Å²) in [6, 6.07) is 5.11. The van der Waals surface area contributed by atoms with Crippen LogP contribution in [0.5, 0.6) is 23.0 Å². The summed E-state index contributed by atoms with van der Waals surface area (Å²) in [7, 11) is 13.6. The van der Waals surface area contributed by atoms with E-state index in [1.165, 1.54) is 47.4 Å². The smallest absolute Gasteiger partial charge is 0.339 e. The summed E-state index contributed by atoms with van der Waals surface area (Å²) >= 11 is 0. The molecule has 0 saturated carbocycles. The number of esters is 1. The van der Waals surface area contributed by atoms with E-state index in [2.05, 4.69) is 10.3 Å². The number of anilines is 2. The van der Waals surface area contributed by atoms with E-state index in [0.717, 1.165) is 0 Å². The molecule has 3 heterocycles. The normalized spacial score (nSPS) is 19.7. The van der Waals surface area contributed by atoms with Crippen molar-refractivity contribution >= 4 is 47.8 Å². The first-order valence-corrected chi connectivity index (χ1v) is 12.2. The third kappa shape index (κ3) is 3.76. The van der Waals surface area contributed by atoms with Gasteiger partial charge in [-0.25, -0.2) is 4.79 Å². The number of benzene rings is 2. The number of methoxy groups -OCH3 is 5. The maximum absolute atomic E-state index is 14.0. The lowest BCUT2D eigenvalue weighted by molar-refractivity contribution is -0.143. The minimum atomic E-state index is -1.64. The van der Waals surface area contributed by atoms with Gasteiger partial charge in [-0.2, -0.15) is 0 Å². The van der Waals surface area contributed by atoms with Crippen molar-refractivity contribution in [1.82, 2.24) is 4.98 Å². The van der Waals surface area contributed by atoms with Gasteiger partial charge >= 0.3 is 5.97 Å². The van der Waals surface area contributed by atoms with Crippen LogP contribution in [0.4, 0.5) is 11.4 Å². The Morgan fingerprint density at radius 1 is 1.00 bits per heavy atom. The quantitative estimate of drug-likeness (QED) is 0.279. The fourth-order valence-electron chi connectivity index (χ4n) is 5.43. The van der Waals surface area contributed by atoms with E-state index in [-0.39, 0.29) is 23.7 Å². The molecule has 2 radical (unpaired) electrons. The number of carbonyl (C=O) groups excluding carboxylic acids is 3. The highest BCUT2D eigenvalue weighted by molar-refractivity contribution is 6.27. The average molecular weight is 533 g/mol. The topological polar surface area (TPSA) is 128 Å². The highest BCUT2D eigenvalue weighted by atomic mass is 16.5. The van der Waals surface area contributed by atoms with Crippen LogP contribution in [0.2, 0.25) is 5.82 Å². The number of nitrogens with one attached hydrogen (secondary N) is 2. The molecule has 3 aromatic rings. The molecule has 0 unspecified atom stereocenters. The van der Waals surface area contributed by atoms with E-state index in [1.807, 2.05) is 0 Å². The second-order valence-corrected chi connectivity index (χ2v) is 9.57. The Hall–Kier alpha value is -4.35. The fraction of sp³-hybridized carbons (Fsp3) is 0.370. The van der Waals surface area contributed by atoms with Crippen LogP contribution in [0.25, 0.3) is 10.9 Å². The number of aromatic amines is 1. The number of hydrogen-bond donors (Lipinski definition) is 2. The van der Waals surface area contributed by atoms with E-state index >= 15 is 0 Å². The lowest BCUT2D eigenvalue weighted by atomic mass is 9.76. The van der Waals surface area contributed by atoms with Gasteiger partial charge in [-0.3, -0.25) is 9.59 Å². The van der Waals surface area contributed by atoms with Crippen molar-refractivity contribution in [3.63, 3.8) is 0 Å². The van der Waals surface area contributed by atoms with Gasteiger partial charge in [-0.1, -0.05) is 5.82 Å². The number of fused-ring (bicyclic) bond motifs is 4. The number of rotatable bonds is 6. The van der Waals surface area contributed by atoms with Crippen LogP contribution in [-0.4, -0.2) is 78.1 Å². The van der Waals surface area contributed by atoms with Gasteiger partial charge in [-0.05, 0) is 31.0 Å². The lowest BCUT2D eigenvalue weighted by Crippen LogP contribution is -2.47. The molecule has 0 saturated heterocycles. The minimum Gasteiger partial charge on any atom is -0.494 e. The highest BCUT2D eigenvalue weighted by Crippen LogP contribution is 2.49. The number of aromatic nitrogens is 1. The molecule has 1 amide bonds. The van der Waals surface area contributed by atoms with Gasteiger partial charge in [0.2, 0.25) is 11.5 Å². The van der Waals surface area contributed by atoms with Crippen LogP contribution in [0.1, 0.15) is 33.3 Å². The van der Waals surface area contributed by atoms with Crippen molar-refractivity contribution in [2.24, 2.45) is 0 Å². The van der Waals surface area contributed by atoms with Crippen molar-refractivity contribution in [3.05, 3.63) is 35.0 Å². The van der Waals surface area contributed by atoms with E-state index in [1.54, 1.807) is 18.2 Å². The van der Waals surface area contributed by atoms with Crippen molar-refractivity contribution in [2.75, 3.05) is 52.3 Å². The molecular formula is C27H28BN3O8. The number of hydrogen-bond acceptors (Lipinski definition) is 9. The number of carbonyl (C=O) groups is 3. The van der Waals surface area contributed by atoms with Gasteiger partial charge in [0.15, 0.2) is 17.0 Å². The van der Waals surface area contributed by atoms with Gasteiger partial charge in [0.05, 0.1) is 65.9 Å². The van der Waals surface area contributed by atoms with Crippen molar-refractivity contribution in [3.8, 4) is 23.0 Å². The molecular weight excluding hydrogens is 505 g/mol. The Kier molecular flexibility index (Phi) is 6.36. The number of H-pyrrole nitrogens is 1. The summed E-state index contributed by atoms with van der Waals surface area (Å²) in [5.74, 6) is -0.509. The van der Waals surface area contributed by atoms with Crippen LogP contribution in [0, 0.1) is 0 Å². The Labute approximate surface area is 226 Å². The number of ketones is 1. The molecule has 0 aliphatic carbocycles. The summed E-state index contributed by atoms with van der Waals surface area (Å²) in [6.45, 7) is 1.65. The molecule has 0 fully saturated rings. The average Bonchev–Trinajstić information content (AvgIpc) is 3.49. The maximum Gasteiger partial charge on any atom is 0.339 e. The Bertz CT molecular complexity index is 1530. The van der Waals surface area contributed by atoms with Crippen LogP contribution in [-0.2, 0) is 16.0 Å². The van der Waals surface area contributed by atoms with E-state index < -0.39 is 23.1 Å². The SMILES string of the molecule is [B][C@H]1Cc2c(cc(OC)c3c2C(=O)[C@](C)(C(=O)OC)N3)N(C(=O)c2cc3cc(OC)c(OC)c(OC)c3[nH]2)C1. The van der Waals surface area contributed by atoms with Crippen LogP contribution >= 0.6 is 0 Å². The Morgan fingerprint density at radius 2 is 1.69 bits per heavy atom. The zero-order valence-corrected chi connectivity index (χ0v) is 22.5. The molecule has 2 atom stereocenters. The molecule has 2 N–H and O–H groups in total. The molecule has 5 rings (SSSR count). The lowest BCUT2D eigenvalue weighted by Gasteiger charge is -2.34. The van der Waals surface area contributed by atoms with Crippen molar-refractivity contribution in [1.29, 1.82) is 0 Å². The first kappa shape index (κ1) is 26.3. The molecule has 2 aliphatic heterocycles. The molecule has 1 aromatic heterocycles. The van der Waals surface area contributed by atoms with E-state index in [4.69, 9.17) is 31.5 Å². The standard InChI is InChI=1S/C27H28BN3O8/c1-27(26(34)39-6)24(32)19-14-9-13(28)11-31(16(14)10-17(35-2)21(19)30-27)25(33)15-7-12-8-18(36-3)22(37-4)23(38-5)20(12)29-15/h7-8,10,13,29-30H,9,11H2,1-6H3/t13-,27+/m0/s1. The zero-order chi connectivity index (χ0) is 28.2. The monoisotopic (exact) mass is 533 g/mol. The zero-order valence-electron chi connectivity index (χ0n) is 22.5. The Morgan fingerprint density at radius 3 is 2.31 bits per heavy atom. The van der Waals surface area contributed by atoms with Gasteiger partial charge < -0.3 is 38.9 Å². The third-order valence-corrected chi connectivity index (χ3v) is 7.31. The third-order valence-electron chi connectivity index (χ3n) is 7.31. The summed E-state index contributed by atoms with van der Waals surface area (Å²) in [5.41, 5.74) is 0.842. The number of amides is 1.